The van der Waals surface area contributed by atoms with E-state index < -0.39 is 0 Å². The van der Waals surface area contributed by atoms with Crippen LogP contribution in [0.15, 0.2) is 16.6 Å². The number of benzene rings is 1. The van der Waals surface area contributed by atoms with Crippen LogP contribution >= 0.6 is 15.9 Å². The van der Waals surface area contributed by atoms with Gasteiger partial charge in [0.05, 0.1) is 6.61 Å². The monoisotopic (exact) mass is 331 g/mol. The van der Waals surface area contributed by atoms with Gasteiger partial charge >= 0.3 is 0 Å². The number of aliphatic hydroxyl groups is 1. The number of nitrogens with one attached hydrogen (secondary N) is 1. The number of aliphatic hydroxyl groups excluding tert-OH is 1. The quantitative estimate of drug-likeness (QED) is 0.717. The SMILES string of the molecule is COCC(C)(CCO)NCc1cc(Br)cc(C)c1O. The summed E-state index contributed by atoms with van der Waals surface area (Å²) in [5.74, 6) is 0.305. The van der Waals surface area contributed by atoms with Crippen molar-refractivity contribution < 1.29 is 14.9 Å². The van der Waals surface area contributed by atoms with Gasteiger partial charge in [-0.25, -0.2) is 0 Å². The second-order valence-electron chi connectivity index (χ2n) is 5.05. The molecule has 0 radical (unpaired) electrons. The van der Waals surface area contributed by atoms with E-state index in [-0.39, 0.29) is 12.1 Å². The van der Waals surface area contributed by atoms with Crippen LogP contribution in [0.5, 0.6) is 5.75 Å². The van der Waals surface area contributed by atoms with Gasteiger partial charge in [0.1, 0.15) is 5.75 Å². The molecule has 0 bridgehead atoms. The van der Waals surface area contributed by atoms with E-state index in [9.17, 15) is 5.11 Å². The van der Waals surface area contributed by atoms with Crippen LogP contribution in [0.4, 0.5) is 0 Å². The molecule has 0 aromatic heterocycles. The van der Waals surface area contributed by atoms with Crippen molar-refractivity contribution in [3.8, 4) is 5.75 Å². The average Bonchev–Trinajstić information content (AvgIpc) is 2.32. The largest absolute Gasteiger partial charge is 0.507 e. The van der Waals surface area contributed by atoms with Crippen molar-refractivity contribution in [3.05, 3.63) is 27.7 Å². The highest BCUT2D eigenvalue weighted by molar-refractivity contribution is 9.10. The first kappa shape index (κ1) is 16.4. The lowest BCUT2D eigenvalue weighted by Gasteiger charge is -2.30. The van der Waals surface area contributed by atoms with Crippen molar-refractivity contribution in [2.75, 3.05) is 20.3 Å². The molecule has 0 saturated heterocycles. The lowest BCUT2D eigenvalue weighted by Crippen LogP contribution is -2.46. The molecule has 0 fully saturated rings. The Morgan fingerprint density at radius 1 is 1.42 bits per heavy atom. The maximum absolute atomic E-state index is 10.0. The zero-order chi connectivity index (χ0) is 14.5. The molecule has 19 heavy (non-hydrogen) atoms. The number of halogens is 1. The first-order valence-electron chi connectivity index (χ1n) is 6.24. The maximum atomic E-state index is 10.0. The second kappa shape index (κ2) is 7.24. The summed E-state index contributed by atoms with van der Waals surface area (Å²) in [6.07, 6.45) is 0.592. The summed E-state index contributed by atoms with van der Waals surface area (Å²) in [7, 11) is 1.64. The second-order valence-corrected chi connectivity index (χ2v) is 5.97. The van der Waals surface area contributed by atoms with E-state index in [4.69, 9.17) is 9.84 Å². The molecule has 0 aliphatic carbocycles. The highest BCUT2D eigenvalue weighted by Gasteiger charge is 2.23. The molecule has 0 aliphatic heterocycles. The molecule has 5 heteroatoms. The summed E-state index contributed by atoms with van der Waals surface area (Å²) in [6.45, 7) is 4.98. The van der Waals surface area contributed by atoms with Crippen LogP contribution in [0.1, 0.15) is 24.5 Å². The summed E-state index contributed by atoms with van der Waals surface area (Å²) >= 11 is 3.43. The molecular weight excluding hydrogens is 310 g/mol. The molecule has 0 heterocycles. The van der Waals surface area contributed by atoms with Crippen LogP contribution in [0.25, 0.3) is 0 Å². The first-order chi connectivity index (χ1) is 8.91. The van der Waals surface area contributed by atoms with Gasteiger partial charge in [0.2, 0.25) is 0 Å². The summed E-state index contributed by atoms with van der Waals surface area (Å²) in [5, 5.41) is 22.5. The number of phenols is 1. The normalized spacial score (nSPS) is 14.4. The van der Waals surface area contributed by atoms with Gasteiger partial charge < -0.3 is 20.3 Å². The predicted molar refractivity (Wildman–Crippen MR) is 79.4 cm³/mol. The highest BCUT2D eigenvalue weighted by Crippen LogP contribution is 2.27. The molecule has 0 saturated carbocycles. The van der Waals surface area contributed by atoms with Crippen LogP contribution in [-0.4, -0.2) is 36.1 Å². The number of methoxy groups -OCH3 is 1. The van der Waals surface area contributed by atoms with Crippen LogP contribution in [0.3, 0.4) is 0 Å². The summed E-state index contributed by atoms with van der Waals surface area (Å²) < 4.78 is 6.12. The molecule has 0 amide bonds. The van der Waals surface area contributed by atoms with E-state index in [2.05, 4.69) is 21.2 Å². The van der Waals surface area contributed by atoms with Crippen LogP contribution in [-0.2, 0) is 11.3 Å². The third-order valence-corrected chi connectivity index (χ3v) is 3.63. The number of aromatic hydroxyl groups is 1. The highest BCUT2D eigenvalue weighted by atomic mass is 79.9. The Bertz CT molecular complexity index is 417. The Morgan fingerprint density at radius 2 is 2.11 bits per heavy atom. The molecule has 0 spiro atoms. The Labute approximate surface area is 122 Å². The first-order valence-corrected chi connectivity index (χ1v) is 7.04. The molecule has 108 valence electrons. The zero-order valence-electron chi connectivity index (χ0n) is 11.7. The summed E-state index contributed by atoms with van der Waals surface area (Å²) in [5.41, 5.74) is 1.35. The number of phenolic OH excluding ortho intramolecular Hbond substituents is 1. The fourth-order valence-electron chi connectivity index (χ4n) is 2.03. The van der Waals surface area contributed by atoms with E-state index in [0.717, 1.165) is 15.6 Å². The Hall–Kier alpha value is -0.620. The van der Waals surface area contributed by atoms with E-state index in [1.807, 2.05) is 26.0 Å². The van der Waals surface area contributed by atoms with Gasteiger partial charge in [-0.15, -0.1) is 0 Å². The molecule has 1 rings (SSSR count). The Kier molecular flexibility index (Phi) is 6.26. The minimum absolute atomic E-state index is 0.0936. The number of hydrogen-bond donors (Lipinski definition) is 3. The third-order valence-electron chi connectivity index (χ3n) is 3.18. The van der Waals surface area contributed by atoms with Crippen molar-refractivity contribution in [1.29, 1.82) is 0 Å². The van der Waals surface area contributed by atoms with E-state index in [1.165, 1.54) is 0 Å². The number of rotatable bonds is 7. The topological polar surface area (TPSA) is 61.7 Å². The lowest BCUT2D eigenvalue weighted by atomic mass is 9.98. The Balaban J connectivity index is 2.79. The summed E-state index contributed by atoms with van der Waals surface area (Å²) in [6, 6.07) is 3.77. The van der Waals surface area contributed by atoms with Crippen LogP contribution in [0, 0.1) is 6.92 Å². The average molecular weight is 332 g/mol. The van der Waals surface area contributed by atoms with Gasteiger partial charge in [-0.2, -0.15) is 0 Å². The lowest BCUT2D eigenvalue weighted by molar-refractivity contribution is 0.0968. The van der Waals surface area contributed by atoms with Gasteiger partial charge in [0.25, 0.3) is 0 Å². The van der Waals surface area contributed by atoms with Gasteiger partial charge in [-0.1, -0.05) is 15.9 Å². The van der Waals surface area contributed by atoms with Crippen molar-refractivity contribution in [3.63, 3.8) is 0 Å². The number of ether oxygens (including phenoxy) is 1. The third kappa shape index (κ3) is 4.76. The number of hydrogen-bond acceptors (Lipinski definition) is 4. The van der Waals surface area contributed by atoms with E-state index >= 15 is 0 Å². The molecule has 1 unspecified atom stereocenters. The van der Waals surface area contributed by atoms with Crippen LogP contribution < -0.4 is 5.32 Å². The number of aryl methyl sites for hydroxylation is 1. The molecule has 1 aromatic rings. The van der Waals surface area contributed by atoms with E-state index in [1.54, 1.807) is 7.11 Å². The molecule has 4 nitrogen and oxygen atoms in total. The molecule has 3 N–H and O–H groups in total. The minimum Gasteiger partial charge on any atom is -0.507 e. The summed E-state index contributed by atoms with van der Waals surface area (Å²) in [4.78, 5) is 0. The predicted octanol–water partition coefficient (Wildman–Crippen LogP) is 2.34. The minimum atomic E-state index is -0.313. The Morgan fingerprint density at radius 3 is 2.68 bits per heavy atom. The maximum Gasteiger partial charge on any atom is 0.123 e. The fourth-order valence-corrected chi connectivity index (χ4v) is 2.64. The standard InChI is InChI=1S/C14H22BrNO3/c1-10-6-12(15)7-11(13(10)18)8-16-14(2,4-5-17)9-19-3/h6-7,16-18H,4-5,8-9H2,1-3H3. The fraction of sp³-hybridized carbons (Fsp3) is 0.571. The van der Waals surface area contributed by atoms with Gasteiger partial charge in [-0.3, -0.25) is 0 Å². The molecule has 0 aliphatic rings. The van der Waals surface area contributed by atoms with Crippen molar-refractivity contribution >= 4 is 15.9 Å². The van der Waals surface area contributed by atoms with Crippen LogP contribution in [0.2, 0.25) is 0 Å². The molecular formula is C14H22BrNO3. The molecule has 1 atom stereocenters. The smallest absolute Gasteiger partial charge is 0.123 e. The van der Waals surface area contributed by atoms with Crippen molar-refractivity contribution in [2.24, 2.45) is 0 Å². The van der Waals surface area contributed by atoms with Crippen molar-refractivity contribution in [1.82, 2.24) is 5.32 Å². The van der Waals surface area contributed by atoms with Gasteiger partial charge in [0, 0.05) is 35.8 Å². The van der Waals surface area contributed by atoms with E-state index in [0.29, 0.717) is 25.3 Å². The zero-order valence-corrected chi connectivity index (χ0v) is 13.2. The van der Waals surface area contributed by atoms with Gasteiger partial charge in [0.15, 0.2) is 0 Å². The molecule has 1 aromatic carbocycles. The van der Waals surface area contributed by atoms with Gasteiger partial charge in [-0.05, 0) is 38.0 Å². The van der Waals surface area contributed by atoms with Crippen molar-refractivity contribution in [2.45, 2.75) is 32.4 Å².